The number of nitrogens with one attached hydrogen (secondary N) is 2. The minimum atomic E-state index is -0.708. The first-order valence-electron chi connectivity index (χ1n) is 25.7. The molecule has 14 heteroatoms. The van der Waals surface area contributed by atoms with Gasteiger partial charge in [-0.1, -0.05) is 89.1 Å². The first kappa shape index (κ1) is 49.2. The molecule has 1 aliphatic carbocycles. The quantitative estimate of drug-likeness (QED) is 0.119. The molecule has 2 fully saturated rings. The number of amides is 3. The molecule has 5 aliphatic rings. The molecule has 5 heterocycles. The van der Waals surface area contributed by atoms with E-state index in [4.69, 9.17) is 24.2 Å². The molecular formula is C59H63FN6O7. The van der Waals surface area contributed by atoms with Crippen LogP contribution in [-0.4, -0.2) is 83.7 Å². The van der Waals surface area contributed by atoms with Crippen LogP contribution in [0.25, 0.3) is 44.4 Å². The Morgan fingerprint density at radius 3 is 2.03 bits per heavy atom. The first-order valence-corrected chi connectivity index (χ1v) is 25.7. The Bertz CT molecular complexity index is 3100. The minimum absolute atomic E-state index is 0.0288. The lowest BCUT2D eigenvalue weighted by atomic mass is 9.71. The number of ether oxygens (including phenoxy) is 3. The fraction of sp³-hybridized carbons (Fsp3) is 0.390. The molecule has 3 amide bonds. The number of aromatic nitrogens is 1. The highest BCUT2D eigenvalue weighted by Crippen LogP contribution is 2.47. The normalized spacial score (nSPS) is 21.1. The van der Waals surface area contributed by atoms with Gasteiger partial charge in [-0.25, -0.2) is 14.0 Å². The number of carbonyl (C=O) groups excluding carboxylic acids is 4. The van der Waals surface area contributed by atoms with Crippen LogP contribution in [0, 0.1) is 29.5 Å². The van der Waals surface area contributed by atoms with Crippen molar-refractivity contribution in [1.82, 2.24) is 20.1 Å². The fourth-order valence-electron chi connectivity index (χ4n) is 11.6. The number of methoxy groups -OCH3 is 2. The molecule has 0 bridgehead atoms. The smallest absolute Gasteiger partial charge is 0.407 e. The van der Waals surface area contributed by atoms with Gasteiger partial charge in [-0.15, -0.1) is 0 Å². The van der Waals surface area contributed by atoms with Crippen molar-refractivity contribution >= 4 is 57.3 Å². The van der Waals surface area contributed by atoms with Gasteiger partial charge in [0.15, 0.2) is 5.78 Å². The number of Topliss-reactive ketones (excluding diaryl/α,β-unsaturated/α-hetero) is 1. The maximum atomic E-state index is 14.4. The number of alkyl carbamates (subject to hydrolysis) is 2. The zero-order valence-corrected chi connectivity index (χ0v) is 42.3. The number of hydrogen-bond donors (Lipinski definition) is 2. The van der Waals surface area contributed by atoms with Crippen molar-refractivity contribution in [1.29, 1.82) is 0 Å². The van der Waals surface area contributed by atoms with Crippen LogP contribution in [0.5, 0.6) is 5.75 Å². The number of rotatable bonds is 13. The third-order valence-electron chi connectivity index (χ3n) is 15.5. The van der Waals surface area contributed by atoms with Crippen LogP contribution in [0.15, 0.2) is 113 Å². The van der Waals surface area contributed by atoms with Gasteiger partial charge in [0.25, 0.3) is 0 Å². The van der Waals surface area contributed by atoms with Crippen molar-refractivity contribution in [3.8, 4) is 28.1 Å². The van der Waals surface area contributed by atoms with E-state index in [2.05, 4.69) is 81.9 Å². The zero-order chi connectivity index (χ0) is 51.1. The number of likely N-dealkylation sites (tertiary alicyclic amines) is 1. The molecular weight excluding hydrogens is 924 g/mol. The van der Waals surface area contributed by atoms with E-state index in [9.17, 15) is 23.6 Å². The maximum Gasteiger partial charge on any atom is 0.407 e. The average molecular weight is 987 g/mol. The Hall–Kier alpha value is -7.35. The fourth-order valence-corrected chi connectivity index (χ4v) is 11.6. The van der Waals surface area contributed by atoms with E-state index in [1.54, 1.807) is 12.1 Å². The molecule has 6 atom stereocenters. The largest absolute Gasteiger partial charge is 0.465 e. The molecule has 0 spiro atoms. The van der Waals surface area contributed by atoms with Gasteiger partial charge in [0.2, 0.25) is 12.1 Å². The summed E-state index contributed by atoms with van der Waals surface area (Å²) in [7, 11) is 2.61. The predicted octanol–water partition coefficient (Wildman–Crippen LogP) is 11.6. The summed E-state index contributed by atoms with van der Waals surface area (Å²) in [6.07, 6.45) is 8.63. The number of benzene rings is 4. The molecule has 1 saturated carbocycles. The van der Waals surface area contributed by atoms with Crippen LogP contribution in [0.3, 0.4) is 0 Å². The van der Waals surface area contributed by atoms with Gasteiger partial charge in [0, 0.05) is 71.6 Å². The number of nitrogens with zero attached hydrogens (tertiary/aromatic N) is 4. The molecule has 5 aromatic rings. The Labute approximate surface area is 425 Å². The molecule has 1 aromatic heterocycles. The van der Waals surface area contributed by atoms with Crippen LogP contribution < -0.4 is 15.4 Å². The monoisotopic (exact) mass is 986 g/mol. The molecule has 0 radical (unpaired) electrons. The van der Waals surface area contributed by atoms with Gasteiger partial charge in [0.05, 0.1) is 37.5 Å². The maximum absolute atomic E-state index is 14.4. The number of allylic oxidation sites excluding steroid dienone is 2. The Morgan fingerprint density at radius 2 is 1.32 bits per heavy atom. The molecule has 13 nitrogen and oxygen atoms in total. The standard InChI is InChI=1S/C59H63FN6O7/c1-33(2)53(63-58(69)71-5)55(67)45-11-8-7-10-44(45)47-27-41(31-61-47)36-15-13-35(14-16-36)38-20-24-49-40(26-38)29-51-46-23-19-39(30-52(46)73-57(66(49)51)37-17-21-43(60)22-18-37)42-28-48(62-32-42)50-12-9-25-65(50)56(68)54(34(3)4)64-59(70)72-6/h13-24,26,29-34,44-45,50,53-54,57H,7-12,25,27-28H2,1-6H3,(H,63,69)(H,64,70)/t44?,45-,50+,53?,54+,57?/m1/s1. The topological polar surface area (TPSA) is 153 Å². The van der Waals surface area contributed by atoms with Crippen molar-refractivity contribution in [2.75, 3.05) is 20.8 Å². The summed E-state index contributed by atoms with van der Waals surface area (Å²) in [5.41, 5.74) is 12.0. The van der Waals surface area contributed by atoms with E-state index in [0.717, 1.165) is 111 Å². The highest BCUT2D eigenvalue weighted by molar-refractivity contribution is 6.05. The van der Waals surface area contributed by atoms with Crippen molar-refractivity contribution in [2.24, 2.45) is 33.7 Å². The molecule has 10 rings (SSSR count). The third kappa shape index (κ3) is 9.71. The third-order valence-corrected chi connectivity index (χ3v) is 15.5. The Balaban J connectivity index is 0.869. The summed E-state index contributed by atoms with van der Waals surface area (Å²) < 4.78 is 33.1. The number of hydrogen-bond acceptors (Lipinski definition) is 9. The number of carbonyl (C=O) groups is 4. The summed E-state index contributed by atoms with van der Waals surface area (Å²) in [5.74, 6) is -0.0699. The zero-order valence-electron chi connectivity index (χ0n) is 42.3. The summed E-state index contributed by atoms with van der Waals surface area (Å²) in [6.45, 7) is 8.30. The Morgan fingerprint density at radius 1 is 0.685 bits per heavy atom. The van der Waals surface area contributed by atoms with E-state index in [0.29, 0.717) is 25.1 Å². The van der Waals surface area contributed by atoms with Crippen LogP contribution in [-0.2, 0) is 19.1 Å². The van der Waals surface area contributed by atoms with Gasteiger partial charge in [-0.2, -0.15) is 0 Å². The molecule has 378 valence electrons. The molecule has 73 heavy (non-hydrogen) atoms. The lowest BCUT2D eigenvalue weighted by molar-refractivity contribution is -0.134. The van der Waals surface area contributed by atoms with E-state index in [1.165, 1.54) is 26.4 Å². The number of fused-ring (bicyclic) bond motifs is 5. The minimum Gasteiger partial charge on any atom is -0.465 e. The number of halogens is 1. The van der Waals surface area contributed by atoms with Gasteiger partial charge in [-0.3, -0.25) is 19.6 Å². The van der Waals surface area contributed by atoms with Crippen LogP contribution >= 0.6 is 0 Å². The SMILES string of the molecule is COC(=O)NC(C(=O)[C@@H]1CCCCC1C1=NC=C(c2ccc(-c3ccc4c(c3)cc3n4C(c4ccc(F)cc4)Oc4cc(C5=CN=C([C@@H]6CCCN6C(=O)[C@@H](NC(=O)OC)C(C)C)C5)ccc4-3)cc2)C1)C(C)C. The van der Waals surface area contributed by atoms with E-state index >= 15 is 0 Å². The lowest BCUT2D eigenvalue weighted by Crippen LogP contribution is -2.53. The van der Waals surface area contributed by atoms with Crippen molar-refractivity contribution < 1.29 is 37.8 Å². The van der Waals surface area contributed by atoms with Gasteiger partial charge < -0.3 is 34.3 Å². The second-order valence-electron chi connectivity index (χ2n) is 20.7. The first-order chi connectivity index (χ1) is 35.3. The predicted molar refractivity (Wildman–Crippen MR) is 282 cm³/mol. The van der Waals surface area contributed by atoms with Crippen LogP contribution in [0.4, 0.5) is 14.0 Å². The molecule has 3 unspecified atom stereocenters. The van der Waals surface area contributed by atoms with Crippen LogP contribution in [0.1, 0.15) is 102 Å². The molecule has 2 N–H and O–H groups in total. The summed E-state index contributed by atoms with van der Waals surface area (Å²) in [5, 5.41) is 6.56. The molecule has 4 aliphatic heterocycles. The molecule has 4 aromatic carbocycles. The molecule has 1 saturated heterocycles. The summed E-state index contributed by atoms with van der Waals surface area (Å²) in [6, 6.07) is 28.5. The summed E-state index contributed by atoms with van der Waals surface area (Å²) in [4.78, 5) is 63.8. The number of aliphatic imine (C=N–C) groups is 2. The number of ketones is 1. The van der Waals surface area contributed by atoms with E-state index in [-0.39, 0.29) is 47.2 Å². The van der Waals surface area contributed by atoms with E-state index in [1.807, 2.05) is 45.0 Å². The highest BCUT2D eigenvalue weighted by Gasteiger charge is 2.41. The Kier molecular flexibility index (Phi) is 13.9. The average Bonchev–Trinajstić information content (AvgIpc) is 4.26. The highest BCUT2D eigenvalue weighted by atomic mass is 19.1. The van der Waals surface area contributed by atoms with Crippen molar-refractivity contribution in [2.45, 2.75) is 103 Å². The van der Waals surface area contributed by atoms with Crippen LogP contribution in [0.2, 0.25) is 0 Å². The van der Waals surface area contributed by atoms with Gasteiger partial charge >= 0.3 is 12.2 Å². The van der Waals surface area contributed by atoms with E-state index < -0.39 is 30.5 Å². The van der Waals surface area contributed by atoms with Crippen molar-refractivity contribution in [3.05, 3.63) is 126 Å². The van der Waals surface area contributed by atoms with Crippen molar-refractivity contribution in [3.63, 3.8) is 0 Å². The van der Waals surface area contributed by atoms with Gasteiger partial charge in [0.1, 0.15) is 17.6 Å². The second kappa shape index (κ2) is 20.6. The van der Waals surface area contributed by atoms with Gasteiger partial charge in [-0.05, 0) is 113 Å². The second-order valence-corrected chi connectivity index (χ2v) is 20.7. The summed E-state index contributed by atoms with van der Waals surface area (Å²) >= 11 is 0. The lowest BCUT2D eigenvalue weighted by Gasteiger charge is -2.34.